The van der Waals surface area contributed by atoms with E-state index in [1.54, 1.807) is 12.1 Å². The molecule has 0 fully saturated rings. The lowest BCUT2D eigenvalue weighted by Crippen LogP contribution is -2.35. The van der Waals surface area contributed by atoms with E-state index in [2.05, 4.69) is 27.9 Å². The molecule has 0 aromatic heterocycles. The number of nitrogens with zero attached hydrogens (tertiary/aromatic N) is 1. The van der Waals surface area contributed by atoms with Crippen molar-refractivity contribution in [3.05, 3.63) is 51.6 Å². The van der Waals surface area contributed by atoms with Crippen molar-refractivity contribution in [3.63, 3.8) is 0 Å². The molecule has 138 valence electrons. The lowest BCUT2D eigenvalue weighted by molar-refractivity contribution is -0.122. The first-order chi connectivity index (χ1) is 12.2. The van der Waals surface area contributed by atoms with Gasteiger partial charge >= 0.3 is 0 Å². The minimum atomic E-state index is -3.47. The Morgan fingerprint density at radius 3 is 2.58 bits per heavy atom. The Morgan fingerprint density at radius 1 is 1.23 bits per heavy atom. The number of rotatable bonds is 3. The Balaban J connectivity index is 1.86. The van der Waals surface area contributed by atoms with Crippen LogP contribution in [0.25, 0.3) is 0 Å². The number of hydrogen-bond donors (Lipinski definition) is 1. The summed E-state index contributed by atoms with van der Waals surface area (Å²) in [5, 5.41) is 2.83. The van der Waals surface area contributed by atoms with Crippen molar-refractivity contribution in [1.29, 1.82) is 0 Å². The van der Waals surface area contributed by atoms with Crippen LogP contribution < -0.4 is 14.4 Å². The fourth-order valence-electron chi connectivity index (χ4n) is 2.77. The Morgan fingerprint density at radius 2 is 1.92 bits per heavy atom. The highest BCUT2D eigenvalue weighted by Gasteiger charge is 2.31. The molecule has 0 bridgehead atoms. The van der Waals surface area contributed by atoms with Crippen molar-refractivity contribution in [2.24, 2.45) is 0 Å². The lowest BCUT2D eigenvalue weighted by atomic mass is 10.2. The van der Waals surface area contributed by atoms with Crippen molar-refractivity contribution in [2.45, 2.75) is 19.4 Å². The van der Waals surface area contributed by atoms with Gasteiger partial charge in [-0.3, -0.25) is 9.10 Å². The third-order valence-corrected chi connectivity index (χ3v) is 5.95. The van der Waals surface area contributed by atoms with Gasteiger partial charge in [-0.25, -0.2) is 8.42 Å². The Bertz CT molecular complexity index is 929. The van der Waals surface area contributed by atoms with Crippen LogP contribution in [0.15, 0.2) is 42.5 Å². The molecule has 2 aromatic carbocycles. The number of nitrogens with one attached hydrogen (secondary N) is 1. The zero-order valence-corrected chi connectivity index (χ0v) is 17.4. The first-order valence-electron chi connectivity index (χ1n) is 8.05. The smallest absolute Gasteiger partial charge is 0.265 e. The van der Waals surface area contributed by atoms with Gasteiger partial charge in [-0.2, -0.15) is 0 Å². The second-order valence-electron chi connectivity index (χ2n) is 6.20. The highest BCUT2D eigenvalue weighted by Crippen LogP contribution is 2.35. The number of hydrogen-bond acceptors (Lipinski definition) is 4. The maximum Gasteiger partial charge on any atom is 0.265 e. The monoisotopic (exact) mass is 486 g/mol. The van der Waals surface area contributed by atoms with Crippen LogP contribution >= 0.6 is 22.6 Å². The molecule has 1 aliphatic heterocycles. The summed E-state index contributed by atoms with van der Waals surface area (Å²) in [5.41, 5.74) is 2.06. The van der Waals surface area contributed by atoms with Gasteiger partial charge in [-0.1, -0.05) is 6.07 Å². The topological polar surface area (TPSA) is 75.7 Å². The molecule has 1 heterocycles. The van der Waals surface area contributed by atoms with E-state index in [9.17, 15) is 13.2 Å². The van der Waals surface area contributed by atoms with E-state index >= 15 is 0 Å². The quantitative estimate of drug-likeness (QED) is 0.677. The Kier molecular flexibility index (Phi) is 5.42. The summed E-state index contributed by atoms with van der Waals surface area (Å²) in [7, 11) is -3.47. The van der Waals surface area contributed by atoms with Crippen LogP contribution in [0, 0.1) is 10.5 Å². The van der Waals surface area contributed by atoms with Crippen LogP contribution in [0.3, 0.4) is 0 Å². The summed E-state index contributed by atoms with van der Waals surface area (Å²) >= 11 is 2.19. The zero-order chi connectivity index (χ0) is 18.9. The van der Waals surface area contributed by atoms with E-state index in [1.807, 2.05) is 37.3 Å². The minimum absolute atomic E-state index is 0.181. The summed E-state index contributed by atoms with van der Waals surface area (Å²) in [6, 6.07) is 12.7. The number of amides is 1. The summed E-state index contributed by atoms with van der Waals surface area (Å²) < 4.78 is 32.6. The number of sulfonamides is 1. The molecular weight excluding hydrogens is 467 g/mol. The number of fused-ring (bicyclic) bond motifs is 1. The van der Waals surface area contributed by atoms with E-state index in [0.29, 0.717) is 17.1 Å². The molecule has 0 unspecified atom stereocenters. The third-order valence-electron chi connectivity index (χ3n) is 4.05. The number of halogens is 1. The van der Waals surface area contributed by atoms with Gasteiger partial charge in [0.25, 0.3) is 5.91 Å². The first kappa shape index (κ1) is 19.0. The van der Waals surface area contributed by atoms with Crippen molar-refractivity contribution in [2.75, 3.05) is 22.4 Å². The van der Waals surface area contributed by atoms with Crippen LogP contribution in [-0.2, 0) is 14.8 Å². The van der Waals surface area contributed by atoms with Gasteiger partial charge in [0.2, 0.25) is 10.0 Å². The number of benzene rings is 2. The van der Waals surface area contributed by atoms with Gasteiger partial charge < -0.3 is 10.1 Å². The molecule has 3 rings (SSSR count). The van der Waals surface area contributed by atoms with Crippen molar-refractivity contribution in [1.82, 2.24) is 0 Å². The molecule has 0 saturated carbocycles. The largest absolute Gasteiger partial charge is 0.478 e. The number of anilines is 2. The third kappa shape index (κ3) is 4.29. The number of carbonyl (C=O) groups is 1. The molecule has 26 heavy (non-hydrogen) atoms. The van der Waals surface area contributed by atoms with Crippen molar-refractivity contribution < 1.29 is 17.9 Å². The molecule has 0 radical (unpaired) electrons. The summed E-state index contributed by atoms with van der Waals surface area (Å²) in [6.45, 7) is 2.06. The molecular formula is C18H19IN2O4S. The maximum atomic E-state index is 12.6. The van der Waals surface area contributed by atoms with Crippen LogP contribution in [-0.4, -0.2) is 33.2 Å². The summed E-state index contributed by atoms with van der Waals surface area (Å²) in [6.07, 6.45) is 0.643. The standard InChI is InChI=1S/C18H19IN2O4S/c1-12-3-8-16-15(11-12)21(26(2,23)24)10-9-17(25-16)18(22)20-14-6-4-13(19)5-7-14/h3-8,11,17H,9-10H2,1-2H3,(H,20,22)/t17-/m1/s1. The van der Waals surface area contributed by atoms with Gasteiger partial charge in [0.15, 0.2) is 6.10 Å². The molecule has 8 heteroatoms. The van der Waals surface area contributed by atoms with Gasteiger partial charge in [0.1, 0.15) is 5.75 Å². The second kappa shape index (κ2) is 7.43. The fraction of sp³-hybridized carbons (Fsp3) is 0.278. The van der Waals surface area contributed by atoms with E-state index in [1.165, 1.54) is 4.31 Å². The van der Waals surface area contributed by atoms with Crippen molar-refractivity contribution in [3.8, 4) is 5.75 Å². The highest BCUT2D eigenvalue weighted by molar-refractivity contribution is 14.1. The van der Waals surface area contributed by atoms with Crippen LogP contribution in [0.4, 0.5) is 11.4 Å². The second-order valence-corrected chi connectivity index (χ2v) is 9.35. The van der Waals surface area contributed by atoms with Crippen LogP contribution in [0.1, 0.15) is 12.0 Å². The molecule has 1 amide bonds. The fourth-order valence-corrected chi connectivity index (χ4v) is 4.07. The van der Waals surface area contributed by atoms with E-state index in [-0.39, 0.29) is 18.9 Å². The van der Waals surface area contributed by atoms with Gasteiger partial charge in [0, 0.05) is 22.2 Å². The maximum absolute atomic E-state index is 12.6. The van der Waals surface area contributed by atoms with Crippen LogP contribution in [0.5, 0.6) is 5.75 Å². The van der Waals surface area contributed by atoms with Gasteiger partial charge in [-0.15, -0.1) is 0 Å². The van der Waals surface area contributed by atoms with Crippen LogP contribution in [0.2, 0.25) is 0 Å². The summed E-state index contributed by atoms with van der Waals surface area (Å²) in [5.74, 6) is 0.0920. The average Bonchev–Trinajstić information content (AvgIpc) is 2.76. The van der Waals surface area contributed by atoms with E-state index in [0.717, 1.165) is 15.4 Å². The molecule has 0 saturated heterocycles. The zero-order valence-electron chi connectivity index (χ0n) is 14.4. The lowest BCUT2D eigenvalue weighted by Gasteiger charge is -2.21. The number of ether oxygens (including phenoxy) is 1. The molecule has 1 N–H and O–H groups in total. The Labute approximate surface area is 166 Å². The SMILES string of the molecule is Cc1ccc2c(c1)N(S(C)(=O)=O)CC[C@H](C(=O)Nc1ccc(I)cc1)O2. The van der Waals surface area contributed by atoms with Gasteiger partial charge in [-0.05, 0) is 71.5 Å². The van der Waals surface area contributed by atoms with Crippen molar-refractivity contribution >= 4 is 49.9 Å². The molecule has 2 aromatic rings. The predicted octanol–water partition coefficient (Wildman–Crippen LogP) is 3.16. The summed E-state index contributed by atoms with van der Waals surface area (Å²) in [4.78, 5) is 12.6. The molecule has 1 atom stereocenters. The normalized spacial score (nSPS) is 17.0. The van der Waals surface area contributed by atoms with E-state index < -0.39 is 16.1 Å². The molecule has 1 aliphatic rings. The molecule has 0 aliphatic carbocycles. The van der Waals surface area contributed by atoms with E-state index in [4.69, 9.17) is 4.74 Å². The average molecular weight is 486 g/mol. The number of carbonyl (C=O) groups excluding carboxylic acids is 1. The van der Waals surface area contributed by atoms with Gasteiger partial charge in [0.05, 0.1) is 11.9 Å². The Hall–Kier alpha value is -1.81. The first-order valence-corrected chi connectivity index (χ1v) is 11.0. The predicted molar refractivity (Wildman–Crippen MR) is 110 cm³/mol. The highest BCUT2D eigenvalue weighted by atomic mass is 127. The minimum Gasteiger partial charge on any atom is -0.478 e. The number of aryl methyl sites for hydroxylation is 1. The molecule has 0 spiro atoms. The molecule has 6 nitrogen and oxygen atoms in total.